The van der Waals surface area contributed by atoms with Gasteiger partial charge in [0.05, 0.1) is 6.04 Å². The number of nitrogens with zero attached hydrogens (tertiary/aromatic N) is 2. The largest absolute Gasteiger partial charge is 0.338 e. The van der Waals surface area contributed by atoms with E-state index in [1.54, 1.807) is 4.90 Å². The maximum atomic E-state index is 12.5. The van der Waals surface area contributed by atoms with Crippen molar-refractivity contribution < 1.29 is 9.59 Å². The van der Waals surface area contributed by atoms with Crippen molar-refractivity contribution in [2.75, 3.05) is 26.2 Å². The number of hydrogen-bond acceptors (Lipinski definition) is 3. The molecule has 1 aliphatic rings. The molecule has 0 spiro atoms. The van der Waals surface area contributed by atoms with Crippen LogP contribution in [0.25, 0.3) is 0 Å². The predicted octanol–water partition coefficient (Wildman–Crippen LogP) is 2.07. The molecule has 2 rings (SSSR count). The molecule has 1 aromatic carbocycles. The van der Waals surface area contributed by atoms with E-state index in [2.05, 4.69) is 0 Å². The van der Waals surface area contributed by atoms with E-state index in [1.807, 2.05) is 49.9 Å². The molecule has 1 aliphatic heterocycles. The first-order valence-corrected chi connectivity index (χ1v) is 8.34. The third-order valence-corrected chi connectivity index (χ3v) is 4.72. The molecule has 6 heteroatoms. The highest BCUT2D eigenvalue weighted by atomic mass is 35.5. The van der Waals surface area contributed by atoms with E-state index in [0.717, 1.165) is 12.0 Å². The monoisotopic (exact) mass is 353 g/mol. The molecule has 24 heavy (non-hydrogen) atoms. The summed E-state index contributed by atoms with van der Waals surface area (Å²) in [5, 5.41) is 0. The second-order valence-electron chi connectivity index (χ2n) is 6.39. The fraction of sp³-hybridized carbons (Fsp3) is 0.556. The van der Waals surface area contributed by atoms with Crippen LogP contribution in [-0.2, 0) is 4.79 Å². The molecule has 1 fully saturated rings. The number of hydrogen-bond donors (Lipinski definition) is 1. The summed E-state index contributed by atoms with van der Waals surface area (Å²) >= 11 is 0. The van der Waals surface area contributed by atoms with E-state index in [1.165, 1.54) is 0 Å². The van der Waals surface area contributed by atoms with Gasteiger partial charge in [-0.2, -0.15) is 0 Å². The lowest BCUT2D eigenvalue weighted by atomic mass is 9.98. The number of nitrogens with two attached hydrogens (primary N) is 1. The van der Waals surface area contributed by atoms with Gasteiger partial charge in [-0.15, -0.1) is 12.4 Å². The van der Waals surface area contributed by atoms with Crippen LogP contribution in [0.2, 0.25) is 0 Å². The third kappa shape index (κ3) is 4.71. The van der Waals surface area contributed by atoms with Crippen LogP contribution < -0.4 is 5.73 Å². The van der Waals surface area contributed by atoms with E-state index in [0.29, 0.717) is 31.7 Å². The van der Waals surface area contributed by atoms with E-state index in [9.17, 15) is 9.59 Å². The van der Waals surface area contributed by atoms with Gasteiger partial charge >= 0.3 is 0 Å². The maximum absolute atomic E-state index is 12.5. The molecular formula is C18H28ClN3O2. The average molecular weight is 354 g/mol. The molecule has 0 aliphatic carbocycles. The molecule has 134 valence electrons. The highest BCUT2D eigenvalue weighted by molar-refractivity contribution is 5.94. The number of rotatable bonds is 4. The van der Waals surface area contributed by atoms with Gasteiger partial charge in [-0.05, 0) is 25.0 Å². The Bertz CT molecular complexity index is 554. The van der Waals surface area contributed by atoms with Gasteiger partial charge in [-0.25, -0.2) is 0 Å². The van der Waals surface area contributed by atoms with Crippen molar-refractivity contribution in [2.45, 2.75) is 33.2 Å². The van der Waals surface area contributed by atoms with Crippen molar-refractivity contribution in [1.29, 1.82) is 0 Å². The first-order valence-electron chi connectivity index (χ1n) is 8.34. The molecular weight excluding hydrogens is 326 g/mol. The van der Waals surface area contributed by atoms with Gasteiger partial charge in [0.15, 0.2) is 0 Å². The van der Waals surface area contributed by atoms with E-state index < -0.39 is 6.04 Å². The van der Waals surface area contributed by atoms with E-state index in [-0.39, 0.29) is 30.1 Å². The highest BCUT2D eigenvalue weighted by Gasteiger charge is 2.29. The number of carbonyl (C=O) groups excluding carboxylic acids is 2. The Kier molecular flexibility index (Phi) is 7.70. The summed E-state index contributed by atoms with van der Waals surface area (Å²) in [5.41, 5.74) is 7.87. The first-order chi connectivity index (χ1) is 10.9. The van der Waals surface area contributed by atoms with Crippen LogP contribution in [0.15, 0.2) is 24.3 Å². The van der Waals surface area contributed by atoms with Gasteiger partial charge in [0.25, 0.3) is 5.91 Å². The summed E-state index contributed by atoms with van der Waals surface area (Å²) in [6.45, 7) is 8.27. The predicted molar refractivity (Wildman–Crippen MR) is 98.3 cm³/mol. The lowest BCUT2D eigenvalue weighted by Gasteiger charge is -2.36. The van der Waals surface area contributed by atoms with Gasteiger partial charge in [0.1, 0.15) is 0 Å². The molecule has 1 saturated heterocycles. The Morgan fingerprint density at radius 2 is 1.58 bits per heavy atom. The summed E-state index contributed by atoms with van der Waals surface area (Å²) < 4.78 is 0. The van der Waals surface area contributed by atoms with Crippen LogP contribution in [-0.4, -0.2) is 53.8 Å². The standard InChI is InChI=1S/C18H27N3O2.ClH/c1-4-14(3)16(19)18(23)21-11-9-20(10-12-21)17(22)15-7-5-13(2)6-8-15;/h5-8,14,16H,4,9-12,19H2,1-3H3;1H. The number of aryl methyl sites for hydroxylation is 1. The quantitative estimate of drug-likeness (QED) is 0.901. The zero-order chi connectivity index (χ0) is 17.0. The third-order valence-electron chi connectivity index (χ3n) is 4.72. The van der Waals surface area contributed by atoms with Crippen LogP contribution in [0.1, 0.15) is 36.2 Å². The number of carbonyl (C=O) groups is 2. The lowest BCUT2D eigenvalue weighted by Crippen LogP contribution is -2.55. The second kappa shape index (κ2) is 9.04. The summed E-state index contributed by atoms with van der Waals surface area (Å²) in [5.74, 6) is 0.208. The van der Waals surface area contributed by atoms with Gasteiger partial charge in [-0.1, -0.05) is 38.0 Å². The molecule has 1 aromatic rings. The zero-order valence-electron chi connectivity index (χ0n) is 14.7. The normalized spacial score (nSPS) is 17.0. The van der Waals surface area contributed by atoms with Crippen molar-refractivity contribution in [3.05, 3.63) is 35.4 Å². The van der Waals surface area contributed by atoms with E-state index >= 15 is 0 Å². The average Bonchev–Trinajstić information content (AvgIpc) is 2.60. The summed E-state index contributed by atoms with van der Waals surface area (Å²) in [6.07, 6.45) is 0.888. The first kappa shape index (κ1) is 20.5. The number of halogens is 1. The Hall–Kier alpha value is -1.59. The second-order valence-corrected chi connectivity index (χ2v) is 6.39. The van der Waals surface area contributed by atoms with Crippen LogP contribution in [0, 0.1) is 12.8 Å². The Balaban J connectivity index is 0.00000288. The maximum Gasteiger partial charge on any atom is 0.253 e. The zero-order valence-corrected chi connectivity index (χ0v) is 15.5. The topological polar surface area (TPSA) is 66.6 Å². The van der Waals surface area contributed by atoms with Crippen molar-refractivity contribution in [1.82, 2.24) is 9.80 Å². The van der Waals surface area contributed by atoms with E-state index in [4.69, 9.17) is 5.73 Å². The van der Waals surface area contributed by atoms with Crippen LogP contribution in [0.4, 0.5) is 0 Å². The Morgan fingerprint density at radius 1 is 1.08 bits per heavy atom. The number of piperazine rings is 1. The van der Waals surface area contributed by atoms with Gasteiger partial charge in [0.2, 0.25) is 5.91 Å². The molecule has 2 amide bonds. The Labute approximate surface area is 150 Å². The van der Waals surface area contributed by atoms with Crippen LogP contribution in [0.3, 0.4) is 0 Å². The fourth-order valence-corrected chi connectivity index (χ4v) is 2.72. The lowest BCUT2D eigenvalue weighted by molar-refractivity contribution is -0.135. The van der Waals surface area contributed by atoms with Gasteiger partial charge < -0.3 is 15.5 Å². The van der Waals surface area contributed by atoms with Crippen molar-refractivity contribution in [3.8, 4) is 0 Å². The minimum Gasteiger partial charge on any atom is -0.338 e. The minimum absolute atomic E-state index is 0. The van der Waals surface area contributed by atoms with Gasteiger partial charge in [-0.3, -0.25) is 9.59 Å². The smallest absolute Gasteiger partial charge is 0.253 e. The summed E-state index contributed by atoms with van der Waals surface area (Å²) in [6, 6.07) is 7.15. The SMILES string of the molecule is CCC(C)C(N)C(=O)N1CCN(C(=O)c2ccc(C)cc2)CC1.Cl. The summed E-state index contributed by atoms with van der Waals surface area (Å²) in [7, 11) is 0. The molecule has 2 N–H and O–H groups in total. The number of amides is 2. The molecule has 0 saturated carbocycles. The van der Waals surface area contributed by atoms with Crippen LogP contribution >= 0.6 is 12.4 Å². The molecule has 0 aromatic heterocycles. The molecule has 1 heterocycles. The molecule has 5 nitrogen and oxygen atoms in total. The fourth-order valence-electron chi connectivity index (χ4n) is 2.72. The molecule has 0 radical (unpaired) electrons. The van der Waals surface area contributed by atoms with Crippen molar-refractivity contribution >= 4 is 24.2 Å². The molecule has 0 bridgehead atoms. The number of benzene rings is 1. The van der Waals surface area contributed by atoms with Crippen molar-refractivity contribution in [3.63, 3.8) is 0 Å². The van der Waals surface area contributed by atoms with Gasteiger partial charge in [0, 0.05) is 31.7 Å². The van der Waals surface area contributed by atoms with Crippen molar-refractivity contribution in [2.24, 2.45) is 11.7 Å². The minimum atomic E-state index is -0.445. The summed E-state index contributed by atoms with van der Waals surface area (Å²) in [4.78, 5) is 28.4. The van der Waals surface area contributed by atoms with Crippen LogP contribution in [0.5, 0.6) is 0 Å². The Morgan fingerprint density at radius 3 is 2.08 bits per heavy atom. The molecule has 2 atom stereocenters. The highest BCUT2D eigenvalue weighted by Crippen LogP contribution is 2.13. The molecule has 2 unspecified atom stereocenters.